The first-order valence-electron chi connectivity index (χ1n) is 5.96. The van der Waals surface area contributed by atoms with Crippen LogP contribution in [0.2, 0.25) is 0 Å². The number of rotatable bonds is 3. The summed E-state index contributed by atoms with van der Waals surface area (Å²) in [5, 5.41) is 10.2. The predicted molar refractivity (Wildman–Crippen MR) is 65.8 cm³/mol. The van der Waals surface area contributed by atoms with Crippen LogP contribution in [0.1, 0.15) is 6.42 Å². The second-order valence-corrected chi connectivity index (χ2v) is 4.27. The van der Waals surface area contributed by atoms with E-state index in [1.54, 1.807) is 16.9 Å². The molecule has 1 saturated heterocycles. The van der Waals surface area contributed by atoms with E-state index in [4.69, 9.17) is 0 Å². The van der Waals surface area contributed by atoms with Gasteiger partial charge in [0.2, 0.25) is 5.91 Å². The van der Waals surface area contributed by atoms with E-state index in [1.165, 1.54) is 0 Å². The average molecular weight is 237 g/mol. The molecule has 1 aromatic rings. The van der Waals surface area contributed by atoms with Gasteiger partial charge >= 0.3 is 0 Å². The topological polar surface area (TPSA) is 62.2 Å². The Labute approximate surface area is 101 Å². The molecule has 0 atom stereocenters. The molecule has 1 aromatic heterocycles. The summed E-state index contributed by atoms with van der Waals surface area (Å²) in [6.45, 7) is 4.36. The smallest absolute Gasteiger partial charge is 0.239 e. The van der Waals surface area contributed by atoms with Crippen molar-refractivity contribution in [2.24, 2.45) is 7.05 Å². The molecule has 0 unspecified atom stereocenters. The number of carbonyl (C=O) groups is 1. The summed E-state index contributed by atoms with van der Waals surface area (Å²) in [6.07, 6.45) is 2.77. The quantitative estimate of drug-likeness (QED) is 0.754. The largest absolute Gasteiger partial charge is 0.315 e. The minimum Gasteiger partial charge on any atom is -0.315 e. The van der Waals surface area contributed by atoms with Gasteiger partial charge in [0.05, 0.1) is 12.7 Å². The number of aryl methyl sites for hydroxylation is 1. The molecule has 2 heterocycles. The fraction of sp³-hybridized carbons (Fsp3) is 0.636. The van der Waals surface area contributed by atoms with Gasteiger partial charge in [-0.15, -0.1) is 0 Å². The molecule has 6 nitrogen and oxygen atoms in total. The minimum absolute atomic E-state index is 0.0236. The van der Waals surface area contributed by atoms with Crippen molar-refractivity contribution < 1.29 is 4.79 Å². The molecule has 6 heteroatoms. The van der Waals surface area contributed by atoms with Crippen LogP contribution in [-0.4, -0.2) is 53.3 Å². The molecule has 2 N–H and O–H groups in total. The van der Waals surface area contributed by atoms with E-state index in [0.717, 1.165) is 38.4 Å². The van der Waals surface area contributed by atoms with Crippen LogP contribution < -0.4 is 10.6 Å². The third-order valence-electron chi connectivity index (χ3n) is 2.89. The molecule has 0 spiro atoms. The van der Waals surface area contributed by atoms with E-state index in [9.17, 15) is 4.79 Å². The summed E-state index contributed by atoms with van der Waals surface area (Å²) in [5.41, 5.74) is 0. The van der Waals surface area contributed by atoms with Gasteiger partial charge in [-0.2, -0.15) is 5.10 Å². The molecule has 94 valence electrons. The van der Waals surface area contributed by atoms with Gasteiger partial charge < -0.3 is 10.6 Å². The fourth-order valence-electron chi connectivity index (χ4n) is 1.94. The van der Waals surface area contributed by atoms with E-state index in [-0.39, 0.29) is 5.91 Å². The van der Waals surface area contributed by atoms with Gasteiger partial charge in [0.25, 0.3) is 0 Å². The number of amides is 1. The highest BCUT2D eigenvalue weighted by Gasteiger charge is 2.13. The van der Waals surface area contributed by atoms with Crippen LogP contribution in [0, 0.1) is 0 Å². The van der Waals surface area contributed by atoms with Crippen molar-refractivity contribution >= 4 is 11.7 Å². The summed E-state index contributed by atoms with van der Waals surface area (Å²) < 4.78 is 1.65. The molecule has 1 fully saturated rings. The Balaban J connectivity index is 1.82. The standard InChI is InChI=1S/C11H19N5O/c1-15-10(3-5-13-15)14-11(17)9-16-7-2-4-12-6-8-16/h3,5,12H,2,4,6-9H2,1H3,(H,14,17). The summed E-state index contributed by atoms with van der Waals surface area (Å²) in [7, 11) is 1.81. The molecule has 1 aliphatic heterocycles. The van der Waals surface area contributed by atoms with Gasteiger partial charge in [-0.25, -0.2) is 0 Å². The van der Waals surface area contributed by atoms with Gasteiger partial charge in [0, 0.05) is 26.2 Å². The van der Waals surface area contributed by atoms with Crippen LogP contribution in [0.5, 0.6) is 0 Å². The van der Waals surface area contributed by atoms with E-state index >= 15 is 0 Å². The Bertz CT molecular complexity index is 368. The molecule has 0 aromatic carbocycles. The predicted octanol–water partition coefficient (Wildman–Crippen LogP) is -0.346. The molecule has 0 bridgehead atoms. The number of hydrogen-bond donors (Lipinski definition) is 2. The van der Waals surface area contributed by atoms with Crippen molar-refractivity contribution in [2.45, 2.75) is 6.42 Å². The average Bonchev–Trinajstić information content (AvgIpc) is 2.55. The first-order valence-corrected chi connectivity index (χ1v) is 5.96. The van der Waals surface area contributed by atoms with E-state index in [0.29, 0.717) is 6.54 Å². The Morgan fingerprint density at radius 2 is 2.41 bits per heavy atom. The molecule has 17 heavy (non-hydrogen) atoms. The van der Waals surface area contributed by atoms with Crippen LogP contribution >= 0.6 is 0 Å². The zero-order valence-corrected chi connectivity index (χ0v) is 10.1. The number of anilines is 1. The molecule has 0 radical (unpaired) electrons. The Hall–Kier alpha value is -1.40. The van der Waals surface area contributed by atoms with Gasteiger partial charge in [0.1, 0.15) is 5.82 Å². The monoisotopic (exact) mass is 237 g/mol. The highest BCUT2D eigenvalue weighted by molar-refractivity contribution is 5.91. The van der Waals surface area contributed by atoms with Crippen LogP contribution in [0.15, 0.2) is 12.3 Å². The lowest BCUT2D eigenvalue weighted by atomic mass is 10.4. The number of nitrogens with zero attached hydrogens (tertiary/aromatic N) is 3. The summed E-state index contributed by atoms with van der Waals surface area (Å²) >= 11 is 0. The minimum atomic E-state index is 0.0236. The molecule has 2 rings (SSSR count). The summed E-state index contributed by atoms with van der Waals surface area (Å²) in [5.74, 6) is 0.762. The second kappa shape index (κ2) is 5.79. The van der Waals surface area contributed by atoms with Crippen molar-refractivity contribution in [3.63, 3.8) is 0 Å². The second-order valence-electron chi connectivity index (χ2n) is 4.27. The summed E-state index contributed by atoms with van der Waals surface area (Å²) in [4.78, 5) is 14.0. The Morgan fingerprint density at radius 1 is 1.53 bits per heavy atom. The lowest BCUT2D eigenvalue weighted by Crippen LogP contribution is -2.35. The number of nitrogens with one attached hydrogen (secondary N) is 2. The molecule has 1 amide bonds. The fourth-order valence-corrected chi connectivity index (χ4v) is 1.94. The van der Waals surface area contributed by atoms with Crippen LogP contribution in [0.3, 0.4) is 0 Å². The maximum Gasteiger partial charge on any atom is 0.239 e. The maximum absolute atomic E-state index is 11.8. The van der Waals surface area contributed by atoms with E-state index < -0.39 is 0 Å². The van der Waals surface area contributed by atoms with Gasteiger partial charge in [-0.1, -0.05) is 0 Å². The first-order chi connectivity index (χ1) is 8.25. The van der Waals surface area contributed by atoms with Crippen molar-refractivity contribution in [1.29, 1.82) is 0 Å². The van der Waals surface area contributed by atoms with Crippen molar-refractivity contribution in [3.05, 3.63) is 12.3 Å². The van der Waals surface area contributed by atoms with Gasteiger partial charge in [-0.05, 0) is 19.5 Å². The van der Waals surface area contributed by atoms with Crippen molar-refractivity contribution in [1.82, 2.24) is 20.0 Å². The number of carbonyl (C=O) groups excluding carboxylic acids is 1. The van der Waals surface area contributed by atoms with E-state index in [2.05, 4.69) is 20.6 Å². The van der Waals surface area contributed by atoms with Crippen molar-refractivity contribution in [3.8, 4) is 0 Å². The molecular weight excluding hydrogens is 218 g/mol. The van der Waals surface area contributed by atoms with Crippen LogP contribution in [0.25, 0.3) is 0 Å². The highest BCUT2D eigenvalue weighted by Crippen LogP contribution is 2.03. The first kappa shape index (κ1) is 12.1. The Morgan fingerprint density at radius 3 is 3.18 bits per heavy atom. The lowest BCUT2D eigenvalue weighted by molar-refractivity contribution is -0.117. The maximum atomic E-state index is 11.8. The third-order valence-corrected chi connectivity index (χ3v) is 2.89. The molecule has 1 aliphatic rings. The number of hydrogen-bond acceptors (Lipinski definition) is 4. The molecule has 0 saturated carbocycles. The number of aromatic nitrogens is 2. The van der Waals surface area contributed by atoms with Crippen molar-refractivity contribution in [2.75, 3.05) is 38.0 Å². The van der Waals surface area contributed by atoms with E-state index in [1.807, 2.05) is 7.05 Å². The molecular formula is C11H19N5O. The zero-order chi connectivity index (χ0) is 12.1. The zero-order valence-electron chi connectivity index (χ0n) is 10.1. The highest BCUT2D eigenvalue weighted by atomic mass is 16.2. The van der Waals surface area contributed by atoms with Gasteiger partial charge in [-0.3, -0.25) is 14.4 Å². The van der Waals surface area contributed by atoms with Gasteiger partial charge in [0.15, 0.2) is 0 Å². The SMILES string of the molecule is Cn1nccc1NC(=O)CN1CCCNCC1. The Kier molecular flexibility index (Phi) is 4.11. The molecule has 0 aliphatic carbocycles. The van der Waals surface area contributed by atoms with Crippen LogP contribution in [-0.2, 0) is 11.8 Å². The lowest BCUT2D eigenvalue weighted by Gasteiger charge is -2.18. The summed E-state index contributed by atoms with van der Waals surface area (Å²) in [6, 6.07) is 1.79. The van der Waals surface area contributed by atoms with Crippen LogP contribution in [0.4, 0.5) is 5.82 Å². The normalized spacial score (nSPS) is 17.7. The third kappa shape index (κ3) is 3.54.